The van der Waals surface area contributed by atoms with Crippen LogP contribution >= 0.6 is 0 Å². The quantitative estimate of drug-likeness (QED) is 0.329. The van der Waals surface area contributed by atoms with Crippen LogP contribution in [0.5, 0.6) is 5.75 Å². The van der Waals surface area contributed by atoms with E-state index in [4.69, 9.17) is 14.7 Å². The molecule has 1 heterocycles. The second-order valence-electron chi connectivity index (χ2n) is 9.56. The summed E-state index contributed by atoms with van der Waals surface area (Å²) in [5.41, 5.74) is 1.97. The Balaban J connectivity index is 1.38. The lowest BCUT2D eigenvalue weighted by Gasteiger charge is -2.25. The Kier molecular flexibility index (Phi) is 9.40. The number of aryl methyl sites for hydroxylation is 1. The molecule has 9 nitrogen and oxygen atoms in total. The van der Waals surface area contributed by atoms with Gasteiger partial charge in [0.15, 0.2) is 0 Å². The fourth-order valence-electron chi connectivity index (χ4n) is 4.71. The maximum absolute atomic E-state index is 13.1. The van der Waals surface area contributed by atoms with Crippen LogP contribution in [0.3, 0.4) is 0 Å². The molecule has 0 radical (unpaired) electrons. The predicted molar refractivity (Wildman–Crippen MR) is 149 cm³/mol. The molecule has 208 valence electrons. The van der Waals surface area contributed by atoms with E-state index >= 15 is 0 Å². The summed E-state index contributed by atoms with van der Waals surface area (Å²) in [4.78, 5) is 26.9. The molecule has 0 saturated carbocycles. The Labute approximate surface area is 234 Å². The number of nitrogens with zero attached hydrogens (tertiary/aromatic N) is 2. The molecular weight excluding hydrogens is 530 g/mol. The number of benzene rings is 3. The maximum Gasteiger partial charge on any atom is 0.306 e. The van der Waals surface area contributed by atoms with Crippen LogP contribution in [0.4, 0.5) is 5.69 Å². The summed E-state index contributed by atoms with van der Waals surface area (Å²) in [7, 11) is -2.53. The third kappa shape index (κ3) is 7.39. The number of carbonyl (C=O) groups excluding carboxylic acids is 2. The smallest absolute Gasteiger partial charge is 0.306 e. The molecular formula is C30H31N3O6S. The van der Waals surface area contributed by atoms with E-state index in [0.29, 0.717) is 30.0 Å². The average Bonchev–Trinajstić information content (AvgIpc) is 3.26. The molecule has 1 saturated heterocycles. The van der Waals surface area contributed by atoms with Crippen LogP contribution in [-0.4, -0.2) is 51.5 Å². The van der Waals surface area contributed by atoms with Crippen LogP contribution in [0.25, 0.3) is 0 Å². The summed E-state index contributed by atoms with van der Waals surface area (Å²) >= 11 is 0. The number of esters is 1. The van der Waals surface area contributed by atoms with E-state index in [-0.39, 0.29) is 29.9 Å². The standard InChI is InChI=1S/C30H31N3O6S/c1-38-29(34)19-24-18-26(33(30(24)35)17-5-8-22-6-3-2-4-7-22)21-39-27-13-15-28(16-14-27)40(36,37)32-25-11-9-23(20-31)10-12-25/h2-4,6-7,9-16,24,26,32H,5,8,17-19,21H2,1H3/t24-,26-/m0/s1. The van der Waals surface area contributed by atoms with Gasteiger partial charge in [0, 0.05) is 12.2 Å². The Morgan fingerprint density at radius 1 is 1.05 bits per heavy atom. The SMILES string of the molecule is COC(=O)C[C@@H]1C[C@@H](COc2ccc(S(=O)(=O)Nc3ccc(C#N)cc3)cc2)N(CCCc2ccccc2)C1=O. The molecule has 1 aliphatic rings. The van der Waals surface area contributed by atoms with Gasteiger partial charge in [-0.1, -0.05) is 30.3 Å². The molecule has 4 rings (SSSR count). The normalized spacial score (nSPS) is 16.8. The van der Waals surface area contributed by atoms with Crippen molar-refractivity contribution in [1.29, 1.82) is 5.26 Å². The minimum atomic E-state index is -3.84. The minimum absolute atomic E-state index is 0.0276. The summed E-state index contributed by atoms with van der Waals surface area (Å²) in [5.74, 6) is -0.498. The van der Waals surface area contributed by atoms with Gasteiger partial charge in [-0.3, -0.25) is 14.3 Å². The molecule has 0 bridgehead atoms. The number of sulfonamides is 1. The summed E-state index contributed by atoms with van der Waals surface area (Å²) in [5, 5.41) is 8.91. The Morgan fingerprint density at radius 3 is 2.40 bits per heavy atom. The number of nitrogens with one attached hydrogen (secondary N) is 1. The van der Waals surface area contributed by atoms with Crippen molar-refractivity contribution in [3.8, 4) is 11.8 Å². The number of nitriles is 1. The molecule has 3 aromatic rings. The van der Waals surface area contributed by atoms with Crippen molar-refractivity contribution in [3.63, 3.8) is 0 Å². The van der Waals surface area contributed by atoms with Gasteiger partial charge < -0.3 is 14.4 Å². The molecule has 0 aliphatic carbocycles. The Morgan fingerprint density at radius 2 is 1.75 bits per heavy atom. The van der Waals surface area contributed by atoms with Crippen molar-refractivity contribution in [1.82, 2.24) is 4.90 Å². The topological polar surface area (TPSA) is 126 Å². The highest BCUT2D eigenvalue weighted by atomic mass is 32.2. The number of likely N-dealkylation sites (tertiary alicyclic amines) is 1. The lowest BCUT2D eigenvalue weighted by molar-refractivity contribution is -0.144. The van der Waals surface area contributed by atoms with E-state index in [1.165, 1.54) is 49.1 Å². The fraction of sp³-hybridized carbons (Fsp3) is 0.300. The van der Waals surface area contributed by atoms with Crippen LogP contribution in [0.2, 0.25) is 0 Å². The lowest BCUT2D eigenvalue weighted by atomic mass is 10.0. The molecule has 40 heavy (non-hydrogen) atoms. The Bertz CT molecular complexity index is 1450. The number of ether oxygens (including phenoxy) is 2. The lowest BCUT2D eigenvalue weighted by Crippen LogP contribution is -2.38. The number of amides is 1. The molecule has 2 atom stereocenters. The largest absolute Gasteiger partial charge is 0.491 e. The van der Waals surface area contributed by atoms with Crippen molar-refractivity contribution < 1.29 is 27.5 Å². The van der Waals surface area contributed by atoms with Gasteiger partial charge in [-0.15, -0.1) is 0 Å². The van der Waals surface area contributed by atoms with Gasteiger partial charge in [-0.25, -0.2) is 8.42 Å². The van der Waals surface area contributed by atoms with E-state index in [9.17, 15) is 18.0 Å². The van der Waals surface area contributed by atoms with Gasteiger partial charge in [0.1, 0.15) is 12.4 Å². The van der Waals surface area contributed by atoms with Crippen molar-refractivity contribution in [3.05, 3.63) is 90.0 Å². The number of anilines is 1. The average molecular weight is 562 g/mol. The molecule has 0 aromatic heterocycles. The summed E-state index contributed by atoms with van der Waals surface area (Å²) < 4.78 is 38.8. The van der Waals surface area contributed by atoms with Crippen LogP contribution in [-0.2, 0) is 30.8 Å². The van der Waals surface area contributed by atoms with E-state index in [1.807, 2.05) is 24.3 Å². The monoisotopic (exact) mass is 561 g/mol. The summed E-state index contributed by atoms with van der Waals surface area (Å²) in [6.45, 7) is 0.752. The van der Waals surface area contributed by atoms with Crippen LogP contribution in [0, 0.1) is 17.2 Å². The Hall–Kier alpha value is -4.36. The molecule has 1 amide bonds. The van der Waals surface area contributed by atoms with Gasteiger partial charge >= 0.3 is 5.97 Å². The first-order valence-electron chi connectivity index (χ1n) is 13.0. The van der Waals surface area contributed by atoms with Gasteiger partial charge in [-0.05, 0) is 73.4 Å². The van der Waals surface area contributed by atoms with E-state index in [2.05, 4.69) is 16.9 Å². The summed E-state index contributed by atoms with van der Waals surface area (Å²) in [6.07, 6.45) is 2.10. The molecule has 3 aromatic carbocycles. The van der Waals surface area contributed by atoms with Gasteiger partial charge in [0.2, 0.25) is 5.91 Å². The predicted octanol–water partition coefficient (Wildman–Crippen LogP) is 4.15. The number of methoxy groups -OCH3 is 1. The van der Waals surface area contributed by atoms with Crippen molar-refractivity contribution in [2.75, 3.05) is 25.0 Å². The van der Waals surface area contributed by atoms with E-state index in [1.54, 1.807) is 17.0 Å². The fourth-order valence-corrected chi connectivity index (χ4v) is 5.77. The van der Waals surface area contributed by atoms with Crippen molar-refractivity contribution >= 4 is 27.6 Å². The molecule has 0 unspecified atom stereocenters. The first-order valence-corrected chi connectivity index (χ1v) is 14.4. The van der Waals surface area contributed by atoms with E-state index < -0.39 is 21.9 Å². The zero-order valence-electron chi connectivity index (χ0n) is 22.2. The third-order valence-electron chi connectivity index (χ3n) is 6.82. The maximum atomic E-state index is 13.1. The van der Waals surface area contributed by atoms with Crippen molar-refractivity contribution in [2.45, 2.75) is 36.6 Å². The molecule has 1 N–H and O–H groups in total. The van der Waals surface area contributed by atoms with E-state index in [0.717, 1.165) is 12.8 Å². The first-order chi connectivity index (χ1) is 19.3. The second-order valence-corrected chi connectivity index (χ2v) is 11.2. The zero-order valence-corrected chi connectivity index (χ0v) is 23.0. The van der Waals surface area contributed by atoms with Crippen LogP contribution in [0.15, 0.2) is 83.8 Å². The second kappa shape index (κ2) is 13.1. The van der Waals surface area contributed by atoms with Gasteiger partial charge in [0.25, 0.3) is 10.0 Å². The van der Waals surface area contributed by atoms with Crippen LogP contribution in [0.1, 0.15) is 30.4 Å². The zero-order chi connectivity index (χ0) is 28.5. The highest BCUT2D eigenvalue weighted by Gasteiger charge is 2.40. The number of carbonyl (C=O) groups is 2. The molecule has 0 spiro atoms. The molecule has 1 fully saturated rings. The number of hydrogen-bond donors (Lipinski definition) is 1. The highest BCUT2D eigenvalue weighted by Crippen LogP contribution is 2.29. The minimum Gasteiger partial charge on any atom is -0.491 e. The number of hydrogen-bond acceptors (Lipinski definition) is 7. The van der Waals surface area contributed by atoms with Crippen molar-refractivity contribution in [2.24, 2.45) is 5.92 Å². The van der Waals surface area contributed by atoms with Gasteiger partial charge in [-0.2, -0.15) is 5.26 Å². The highest BCUT2D eigenvalue weighted by molar-refractivity contribution is 7.92. The van der Waals surface area contributed by atoms with Gasteiger partial charge in [0.05, 0.1) is 42.0 Å². The van der Waals surface area contributed by atoms with Crippen LogP contribution < -0.4 is 9.46 Å². The third-order valence-corrected chi connectivity index (χ3v) is 8.22. The summed E-state index contributed by atoms with van der Waals surface area (Å²) in [6, 6.07) is 23.9. The first kappa shape index (κ1) is 28.6. The molecule has 10 heteroatoms. The number of rotatable bonds is 12. The molecule has 1 aliphatic heterocycles.